The minimum atomic E-state index is -0.327. The Kier molecular flexibility index (Phi) is 2.42. The molecule has 2 amide bonds. The van der Waals surface area contributed by atoms with Crippen LogP contribution < -0.4 is 5.32 Å². The number of hydrogen-bond donors (Lipinski definition) is 1. The highest BCUT2D eigenvalue weighted by molar-refractivity contribution is 9.10. The molecule has 0 aliphatic carbocycles. The molecule has 0 bridgehead atoms. The van der Waals surface area contributed by atoms with Crippen molar-refractivity contribution < 1.29 is 9.59 Å². The van der Waals surface area contributed by atoms with Crippen molar-refractivity contribution in [3.8, 4) is 0 Å². The second-order valence-corrected chi connectivity index (χ2v) is 5.77. The Bertz CT molecular complexity index is 500. The average molecular weight is 282 g/mol. The van der Waals surface area contributed by atoms with Crippen molar-refractivity contribution in [2.45, 2.75) is 26.2 Å². The van der Waals surface area contributed by atoms with E-state index in [4.69, 9.17) is 0 Å². The average Bonchev–Trinajstić information content (AvgIpc) is 2.41. The van der Waals surface area contributed by atoms with Gasteiger partial charge in [0.2, 0.25) is 0 Å². The van der Waals surface area contributed by atoms with Gasteiger partial charge in [0.1, 0.15) is 0 Å². The molecule has 0 spiro atoms. The summed E-state index contributed by atoms with van der Waals surface area (Å²) in [6, 6.07) is 3.69. The van der Waals surface area contributed by atoms with Crippen LogP contribution in [0.3, 0.4) is 0 Å². The van der Waals surface area contributed by atoms with Gasteiger partial charge in [-0.3, -0.25) is 14.9 Å². The molecule has 84 valence electrons. The first kappa shape index (κ1) is 11.3. The zero-order chi connectivity index (χ0) is 12.1. The molecule has 1 aromatic rings. The van der Waals surface area contributed by atoms with Gasteiger partial charge in [0.05, 0.1) is 11.1 Å². The molecule has 0 saturated carbocycles. The Balaban J connectivity index is 2.68. The van der Waals surface area contributed by atoms with E-state index in [0.29, 0.717) is 15.6 Å². The topological polar surface area (TPSA) is 46.2 Å². The quantitative estimate of drug-likeness (QED) is 0.743. The second kappa shape index (κ2) is 3.42. The summed E-state index contributed by atoms with van der Waals surface area (Å²) in [6.45, 7) is 6.20. The summed E-state index contributed by atoms with van der Waals surface area (Å²) in [5.41, 5.74) is 1.88. The summed E-state index contributed by atoms with van der Waals surface area (Å²) in [5, 5.41) is 2.29. The number of imide groups is 1. The Labute approximate surface area is 102 Å². The van der Waals surface area contributed by atoms with E-state index in [0.717, 1.165) is 5.56 Å². The fourth-order valence-electron chi connectivity index (χ4n) is 1.68. The number of benzene rings is 1. The smallest absolute Gasteiger partial charge is 0.260 e. The molecular formula is C12H12BrNO2. The van der Waals surface area contributed by atoms with Crippen LogP contribution in [0.15, 0.2) is 16.6 Å². The maximum Gasteiger partial charge on any atom is 0.260 e. The molecule has 0 fully saturated rings. The first-order chi connectivity index (χ1) is 7.30. The van der Waals surface area contributed by atoms with E-state index in [1.165, 1.54) is 0 Å². The molecule has 1 aromatic carbocycles. The molecule has 0 saturated heterocycles. The van der Waals surface area contributed by atoms with Crippen molar-refractivity contribution in [3.63, 3.8) is 0 Å². The molecular weight excluding hydrogens is 270 g/mol. The molecule has 0 unspecified atom stereocenters. The van der Waals surface area contributed by atoms with Gasteiger partial charge in [-0.15, -0.1) is 0 Å². The molecule has 2 rings (SSSR count). The third kappa shape index (κ3) is 1.67. The van der Waals surface area contributed by atoms with E-state index in [2.05, 4.69) is 42.0 Å². The fraction of sp³-hybridized carbons (Fsp3) is 0.333. The van der Waals surface area contributed by atoms with Crippen LogP contribution in [0.4, 0.5) is 0 Å². The predicted octanol–water partition coefficient (Wildman–Crippen LogP) is 2.63. The molecule has 1 aliphatic rings. The number of fused-ring (bicyclic) bond motifs is 1. The third-order valence-electron chi connectivity index (χ3n) is 2.66. The van der Waals surface area contributed by atoms with Crippen LogP contribution in [0.5, 0.6) is 0 Å². The van der Waals surface area contributed by atoms with E-state index >= 15 is 0 Å². The standard InChI is InChI=1S/C12H12BrNO2/c1-12(2,3)6-4-7-9(8(13)5-6)11(16)14-10(7)15/h4-5H,1-3H3,(H,14,15,16). The van der Waals surface area contributed by atoms with E-state index in [1.54, 1.807) is 6.07 Å². The lowest BCUT2D eigenvalue weighted by atomic mass is 9.85. The van der Waals surface area contributed by atoms with Crippen molar-refractivity contribution in [2.24, 2.45) is 0 Å². The largest absolute Gasteiger partial charge is 0.288 e. The first-order valence-electron chi connectivity index (χ1n) is 5.00. The van der Waals surface area contributed by atoms with Gasteiger partial charge in [0.15, 0.2) is 0 Å². The first-order valence-corrected chi connectivity index (χ1v) is 5.79. The van der Waals surface area contributed by atoms with Gasteiger partial charge >= 0.3 is 0 Å². The van der Waals surface area contributed by atoms with Crippen molar-refractivity contribution >= 4 is 27.7 Å². The van der Waals surface area contributed by atoms with E-state index < -0.39 is 0 Å². The summed E-state index contributed by atoms with van der Waals surface area (Å²) in [5.74, 6) is -0.640. The molecule has 1 N–H and O–H groups in total. The molecule has 1 heterocycles. The number of amides is 2. The monoisotopic (exact) mass is 281 g/mol. The Morgan fingerprint density at radius 1 is 1.12 bits per heavy atom. The van der Waals surface area contributed by atoms with Crippen LogP contribution in [0.1, 0.15) is 47.1 Å². The van der Waals surface area contributed by atoms with Gasteiger partial charge in [-0.05, 0) is 39.0 Å². The fourth-order valence-corrected chi connectivity index (χ4v) is 2.32. The molecule has 16 heavy (non-hydrogen) atoms. The van der Waals surface area contributed by atoms with Crippen molar-refractivity contribution in [2.75, 3.05) is 0 Å². The number of rotatable bonds is 0. The molecule has 4 heteroatoms. The number of carbonyl (C=O) groups excluding carboxylic acids is 2. The van der Waals surface area contributed by atoms with Gasteiger partial charge in [-0.1, -0.05) is 20.8 Å². The summed E-state index contributed by atoms with van der Waals surface area (Å²) < 4.78 is 0.679. The molecule has 0 aromatic heterocycles. The minimum absolute atomic E-state index is 0.0521. The van der Waals surface area contributed by atoms with Gasteiger partial charge in [-0.25, -0.2) is 0 Å². The van der Waals surface area contributed by atoms with Gasteiger partial charge in [0.25, 0.3) is 11.8 Å². The Morgan fingerprint density at radius 3 is 2.31 bits per heavy atom. The van der Waals surface area contributed by atoms with E-state index in [9.17, 15) is 9.59 Å². The maximum atomic E-state index is 11.6. The highest BCUT2D eigenvalue weighted by Gasteiger charge is 2.31. The third-order valence-corrected chi connectivity index (χ3v) is 3.28. The van der Waals surface area contributed by atoms with E-state index in [-0.39, 0.29) is 17.2 Å². The minimum Gasteiger partial charge on any atom is -0.288 e. The summed E-state index contributed by atoms with van der Waals surface area (Å²) in [4.78, 5) is 23.1. The normalized spacial score (nSPS) is 15.0. The van der Waals surface area contributed by atoms with Gasteiger partial charge in [0, 0.05) is 4.47 Å². The van der Waals surface area contributed by atoms with Crippen molar-refractivity contribution in [1.82, 2.24) is 5.32 Å². The van der Waals surface area contributed by atoms with Crippen LogP contribution in [-0.2, 0) is 5.41 Å². The number of nitrogens with one attached hydrogen (secondary N) is 1. The molecule has 1 aliphatic heterocycles. The Hall–Kier alpha value is -1.16. The Morgan fingerprint density at radius 2 is 1.75 bits per heavy atom. The zero-order valence-corrected chi connectivity index (χ0v) is 10.9. The summed E-state index contributed by atoms with van der Waals surface area (Å²) >= 11 is 3.35. The van der Waals surface area contributed by atoms with Crippen LogP contribution in [0, 0.1) is 0 Å². The number of halogens is 1. The van der Waals surface area contributed by atoms with Crippen LogP contribution in [0.25, 0.3) is 0 Å². The lowest BCUT2D eigenvalue weighted by Gasteiger charge is -2.20. The van der Waals surface area contributed by atoms with E-state index in [1.807, 2.05) is 6.07 Å². The van der Waals surface area contributed by atoms with Crippen LogP contribution in [0.2, 0.25) is 0 Å². The second-order valence-electron chi connectivity index (χ2n) is 4.91. The number of hydrogen-bond acceptors (Lipinski definition) is 2. The number of carbonyl (C=O) groups is 2. The summed E-state index contributed by atoms with van der Waals surface area (Å²) in [7, 11) is 0. The summed E-state index contributed by atoms with van der Waals surface area (Å²) in [6.07, 6.45) is 0. The maximum absolute atomic E-state index is 11.6. The van der Waals surface area contributed by atoms with Crippen molar-refractivity contribution in [1.29, 1.82) is 0 Å². The van der Waals surface area contributed by atoms with Crippen molar-refractivity contribution in [3.05, 3.63) is 33.3 Å². The lowest BCUT2D eigenvalue weighted by molar-refractivity contribution is 0.0879. The molecule has 0 atom stereocenters. The van der Waals surface area contributed by atoms with Crippen LogP contribution in [-0.4, -0.2) is 11.8 Å². The SMILES string of the molecule is CC(C)(C)c1cc(Br)c2c(c1)C(=O)NC2=O. The molecule has 0 radical (unpaired) electrons. The highest BCUT2D eigenvalue weighted by atomic mass is 79.9. The van der Waals surface area contributed by atoms with Crippen LogP contribution >= 0.6 is 15.9 Å². The van der Waals surface area contributed by atoms with Gasteiger partial charge in [-0.2, -0.15) is 0 Å². The highest BCUT2D eigenvalue weighted by Crippen LogP contribution is 2.32. The van der Waals surface area contributed by atoms with Gasteiger partial charge < -0.3 is 0 Å². The lowest BCUT2D eigenvalue weighted by Crippen LogP contribution is -2.20. The predicted molar refractivity (Wildman–Crippen MR) is 64.6 cm³/mol. The molecule has 3 nitrogen and oxygen atoms in total. The zero-order valence-electron chi connectivity index (χ0n) is 9.35.